The van der Waals surface area contributed by atoms with E-state index in [1.807, 2.05) is 0 Å². The molecule has 1 heterocycles. The summed E-state index contributed by atoms with van der Waals surface area (Å²) < 4.78 is 10.7. The summed E-state index contributed by atoms with van der Waals surface area (Å²) in [6, 6.07) is 6.25. The number of benzene rings is 1. The third-order valence-electron chi connectivity index (χ3n) is 2.45. The highest BCUT2D eigenvalue weighted by Gasteiger charge is 2.32. The molecule has 1 aromatic rings. The molecule has 2 unspecified atom stereocenters. The Bertz CT molecular complexity index is 478. The van der Waals surface area contributed by atoms with E-state index in [1.54, 1.807) is 12.1 Å². The van der Waals surface area contributed by atoms with Gasteiger partial charge in [-0.3, -0.25) is 10.1 Å². The van der Waals surface area contributed by atoms with Crippen molar-refractivity contribution in [3.8, 4) is 0 Å². The molecule has 0 bridgehead atoms. The molecule has 92 valence electrons. The summed E-state index contributed by atoms with van der Waals surface area (Å²) in [6.45, 7) is -1.80. The summed E-state index contributed by atoms with van der Waals surface area (Å²) in [5.41, 5.74) is 0.915. The van der Waals surface area contributed by atoms with Crippen LogP contribution >= 0.6 is 6.64 Å². The number of non-ortho nitro benzene ring substituents is 1. The van der Waals surface area contributed by atoms with Crippen molar-refractivity contribution < 1.29 is 14.0 Å². The lowest BCUT2D eigenvalue weighted by Crippen LogP contribution is -2.06. The minimum absolute atomic E-state index is 0.0610. The molecule has 0 saturated carbocycles. The fourth-order valence-electron chi connectivity index (χ4n) is 1.53. The van der Waals surface area contributed by atoms with E-state index in [0.717, 1.165) is 5.56 Å². The first-order chi connectivity index (χ1) is 8.04. The topological polar surface area (TPSA) is 73.6 Å². The Kier molecular flexibility index (Phi) is 3.56. The van der Waals surface area contributed by atoms with Crippen molar-refractivity contribution in [2.24, 2.45) is 0 Å². The zero-order valence-electron chi connectivity index (χ0n) is 9.03. The number of nitrogens with zero attached hydrogens (tertiary/aromatic N) is 1. The maximum Gasteiger partial charge on any atom is 0.269 e. The van der Waals surface area contributed by atoms with Crippen LogP contribution in [0, 0.1) is 10.1 Å². The molecular weight excluding hydrogens is 263 g/mol. The van der Waals surface area contributed by atoms with Crippen molar-refractivity contribution in [1.29, 1.82) is 0 Å². The largest absolute Gasteiger partial charge is 0.321 e. The molecule has 17 heavy (non-hydrogen) atoms. The quantitative estimate of drug-likeness (QED) is 0.517. The van der Waals surface area contributed by atoms with E-state index in [-0.39, 0.29) is 11.8 Å². The van der Waals surface area contributed by atoms with Gasteiger partial charge in [-0.15, -0.1) is 0 Å². The summed E-state index contributed by atoms with van der Waals surface area (Å²) in [4.78, 5) is 10.1. The SMILES string of the molecule is COP1(=S)NCC(c2ccc([N+](=O)[O-])cc2)O1. The maximum atomic E-state index is 10.5. The van der Waals surface area contributed by atoms with Crippen molar-refractivity contribution in [2.75, 3.05) is 13.7 Å². The number of nitrogens with one attached hydrogen (secondary N) is 1. The predicted molar refractivity (Wildman–Crippen MR) is 66.2 cm³/mol. The van der Waals surface area contributed by atoms with Gasteiger partial charge < -0.3 is 9.05 Å². The molecule has 0 aromatic heterocycles. The van der Waals surface area contributed by atoms with Crippen LogP contribution in [0.1, 0.15) is 11.7 Å². The van der Waals surface area contributed by atoms with Crippen LogP contribution in [0.15, 0.2) is 24.3 Å². The third-order valence-corrected chi connectivity index (χ3v) is 5.13. The van der Waals surface area contributed by atoms with Crippen molar-refractivity contribution in [3.63, 3.8) is 0 Å². The van der Waals surface area contributed by atoms with Crippen LogP contribution in [0.5, 0.6) is 0 Å². The van der Waals surface area contributed by atoms with E-state index in [9.17, 15) is 10.1 Å². The van der Waals surface area contributed by atoms with E-state index in [0.29, 0.717) is 6.54 Å². The van der Waals surface area contributed by atoms with Gasteiger partial charge in [-0.25, -0.2) is 5.09 Å². The van der Waals surface area contributed by atoms with Crippen LogP contribution in [-0.2, 0) is 20.9 Å². The summed E-state index contributed by atoms with van der Waals surface area (Å²) >= 11 is 5.16. The maximum absolute atomic E-state index is 10.5. The average molecular weight is 274 g/mol. The van der Waals surface area contributed by atoms with Gasteiger partial charge in [-0.05, 0) is 29.5 Å². The Morgan fingerprint density at radius 2 is 2.24 bits per heavy atom. The smallest absolute Gasteiger partial charge is 0.269 e. The fraction of sp³-hybridized carbons (Fsp3) is 0.333. The first kappa shape index (κ1) is 12.6. The van der Waals surface area contributed by atoms with E-state index >= 15 is 0 Å². The number of nitro groups is 1. The third kappa shape index (κ3) is 2.70. The monoisotopic (exact) mass is 274 g/mol. The van der Waals surface area contributed by atoms with E-state index in [4.69, 9.17) is 20.9 Å². The van der Waals surface area contributed by atoms with E-state index in [2.05, 4.69) is 5.09 Å². The molecule has 2 rings (SSSR count). The van der Waals surface area contributed by atoms with E-state index < -0.39 is 11.6 Å². The van der Waals surface area contributed by atoms with Crippen LogP contribution in [0.25, 0.3) is 0 Å². The van der Waals surface area contributed by atoms with Gasteiger partial charge in [-0.2, -0.15) is 0 Å². The lowest BCUT2D eigenvalue weighted by Gasteiger charge is -2.13. The van der Waals surface area contributed by atoms with Gasteiger partial charge >= 0.3 is 0 Å². The summed E-state index contributed by atoms with van der Waals surface area (Å²) in [5.74, 6) is 0. The lowest BCUT2D eigenvalue weighted by molar-refractivity contribution is -0.384. The zero-order valence-corrected chi connectivity index (χ0v) is 10.7. The average Bonchev–Trinajstić information content (AvgIpc) is 2.73. The minimum Gasteiger partial charge on any atom is -0.321 e. The Morgan fingerprint density at radius 3 is 2.71 bits per heavy atom. The lowest BCUT2D eigenvalue weighted by atomic mass is 10.1. The van der Waals surface area contributed by atoms with E-state index in [1.165, 1.54) is 19.2 Å². The molecule has 0 amide bonds. The van der Waals surface area contributed by atoms with Crippen molar-refractivity contribution >= 4 is 24.1 Å². The van der Waals surface area contributed by atoms with Gasteiger partial charge in [0.15, 0.2) is 0 Å². The molecule has 1 aromatic carbocycles. The van der Waals surface area contributed by atoms with Crippen molar-refractivity contribution in [1.82, 2.24) is 5.09 Å². The van der Waals surface area contributed by atoms with Gasteiger partial charge in [0, 0.05) is 25.8 Å². The van der Waals surface area contributed by atoms with Crippen molar-refractivity contribution in [3.05, 3.63) is 39.9 Å². The number of hydrogen-bond donors (Lipinski definition) is 1. The Labute approximate surface area is 103 Å². The number of hydrogen-bond acceptors (Lipinski definition) is 5. The second-order valence-corrected chi connectivity index (χ2v) is 6.81. The van der Waals surface area contributed by atoms with Gasteiger partial charge in [0.2, 0.25) is 0 Å². The molecule has 8 heteroatoms. The highest BCUT2D eigenvalue weighted by Crippen LogP contribution is 2.52. The molecule has 2 atom stereocenters. The number of nitro benzene ring substituents is 1. The molecule has 1 saturated heterocycles. The Morgan fingerprint density at radius 1 is 1.59 bits per heavy atom. The standard InChI is InChI=1S/C9H11N2O4PS/c1-14-16(17)10-6-9(15-16)7-2-4-8(5-3-7)11(12)13/h2-5,9H,6H2,1H3,(H,10,17). The first-order valence-electron chi connectivity index (χ1n) is 4.88. The second-order valence-electron chi connectivity index (χ2n) is 3.48. The minimum atomic E-state index is -2.35. The van der Waals surface area contributed by atoms with Crippen LogP contribution in [0.2, 0.25) is 0 Å². The molecule has 0 spiro atoms. The fourth-order valence-corrected chi connectivity index (χ4v) is 3.28. The highest BCUT2D eigenvalue weighted by atomic mass is 32.5. The summed E-state index contributed by atoms with van der Waals surface area (Å²) in [6.07, 6.45) is -0.207. The molecule has 1 aliphatic heterocycles. The molecule has 1 fully saturated rings. The molecule has 0 radical (unpaired) electrons. The number of rotatable bonds is 3. The van der Waals surface area contributed by atoms with Crippen LogP contribution in [-0.4, -0.2) is 18.6 Å². The van der Waals surface area contributed by atoms with Gasteiger partial charge in [0.05, 0.1) is 4.92 Å². The van der Waals surface area contributed by atoms with Crippen LogP contribution < -0.4 is 5.09 Å². The van der Waals surface area contributed by atoms with Gasteiger partial charge in [0.25, 0.3) is 12.3 Å². The molecular formula is C9H11N2O4PS. The predicted octanol–water partition coefficient (Wildman–Crippen LogP) is 2.13. The normalized spacial score (nSPS) is 28.2. The highest BCUT2D eigenvalue weighted by molar-refractivity contribution is 8.09. The summed E-state index contributed by atoms with van der Waals surface area (Å²) in [5, 5.41) is 13.5. The molecule has 0 aliphatic carbocycles. The Hall–Kier alpha value is -0.850. The van der Waals surface area contributed by atoms with Gasteiger partial charge in [-0.1, -0.05) is 0 Å². The molecule has 1 aliphatic rings. The molecule has 1 N–H and O–H groups in total. The zero-order chi connectivity index (χ0) is 12.5. The van der Waals surface area contributed by atoms with Crippen LogP contribution in [0.4, 0.5) is 5.69 Å². The van der Waals surface area contributed by atoms with Crippen molar-refractivity contribution in [2.45, 2.75) is 6.10 Å². The van der Waals surface area contributed by atoms with Gasteiger partial charge in [0.1, 0.15) is 6.10 Å². The Balaban J connectivity index is 2.14. The second kappa shape index (κ2) is 4.80. The summed E-state index contributed by atoms with van der Waals surface area (Å²) in [7, 11) is 1.51. The first-order valence-corrected chi connectivity index (χ1v) is 7.51. The van der Waals surface area contributed by atoms with Crippen LogP contribution in [0.3, 0.4) is 0 Å². The molecule has 6 nitrogen and oxygen atoms in total.